The van der Waals surface area contributed by atoms with E-state index in [1.54, 1.807) is 30.4 Å². The van der Waals surface area contributed by atoms with E-state index in [1.807, 2.05) is 0 Å². The molecule has 2 atom stereocenters. The van der Waals surface area contributed by atoms with Crippen molar-refractivity contribution in [1.82, 2.24) is 0 Å². The SMILES string of the molecule is COC(=O)CCCC(O)\C=C/C=C/C=C/C(O)c1ccc(C(F)(F)F)cc1. The molecule has 0 spiro atoms. The Morgan fingerprint density at radius 1 is 1.07 bits per heavy atom. The third kappa shape index (κ3) is 9.21. The van der Waals surface area contributed by atoms with Gasteiger partial charge in [0.05, 0.1) is 24.9 Å². The maximum atomic E-state index is 12.5. The fourth-order valence-corrected chi connectivity index (χ4v) is 2.12. The van der Waals surface area contributed by atoms with Crippen molar-refractivity contribution in [3.8, 4) is 0 Å². The third-order valence-corrected chi connectivity index (χ3v) is 3.65. The van der Waals surface area contributed by atoms with Gasteiger partial charge in [0, 0.05) is 6.42 Å². The van der Waals surface area contributed by atoms with Crippen LogP contribution in [0.2, 0.25) is 0 Å². The van der Waals surface area contributed by atoms with E-state index in [4.69, 9.17) is 0 Å². The van der Waals surface area contributed by atoms with E-state index in [-0.39, 0.29) is 12.4 Å². The molecule has 1 aromatic carbocycles. The van der Waals surface area contributed by atoms with Crippen LogP contribution >= 0.6 is 0 Å². The quantitative estimate of drug-likeness (QED) is 0.497. The van der Waals surface area contributed by atoms with E-state index in [0.717, 1.165) is 12.1 Å². The van der Waals surface area contributed by atoms with Crippen molar-refractivity contribution >= 4 is 5.97 Å². The lowest BCUT2D eigenvalue weighted by Crippen LogP contribution is -2.05. The molecule has 0 aliphatic rings. The smallest absolute Gasteiger partial charge is 0.416 e. The molecular weight excluding hydrogens is 361 g/mol. The van der Waals surface area contributed by atoms with Gasteiger partial charge >= 0.3 is 12.1 Å². The lowest BCUT2D eigenvalue weighted by atomic mass is 10.1. The average Bonchev–Trinajstić information content (AvgIpc) is 2.63. The van der Waals surface area contributed by atoms with Crippen LogP contribution < -0.4 is 0 Å². The summed E-state index contributed by atoms with van der Waals surface area (Å²) in [4.78, 5) is 10.9. The van der Waals surface area contributed by atoms with Gasteiger partial charge in [-0.15, -0.1) is 0 Å². The summed E-state index contributed by atoms with van der Waals surface area (Å²) in [7, 11) is 1.31. The second kappa shape index (κ2) is 11.4. The molecule has 27 heavy (non-hydrogen) atoms. The summed E-state index contributed by atoms with van der Waals surface area (Å²) in [6.07, 6.45) is 4.51. The predicted octanol–water partition coefficient (Wildman–Crippen LogP) is 4.11. The second-order valence-electron chi connectivity index (χ2n) is 5.76. The number of ether oxygens (including phenoxy) is 1. The van der Waals surface area contributed by atoms with Gasteiger partial charge in [-0.05, 0) is 30.5 Å². The van der Waals surface area contributed by atoms with E-state index < -0.39 is 23.9 Å². The molecule has 1 aromatic rings. The van der Waals surface area contributed by atoms with Gasteiger partial charge in [-0.2, -0.15) is 13.2 Å². The molecule has 7 heteroatoms. The molecule has 0 heterocycles. The largest absolute Gasteiger partial charge is 0.469 e. The number of hydrogen-bond donors (Lipinski definition) is 2. The van der Waals surface area contributed by atoms with Crippen LogP contribution in [0, 0.1) is 0 Å². The van der Waals surface area contributed by atoms with Crippen LogP contribution in [0.1, 0.15) is 36.5 Å². The molecule has 4 nitrogen and oxygen atoms in total. The van der Waals surface area contributed by atoms with Crippen LogP contribution in [0.3, 0.4) is 0 Å². The number of methoxy groups -OCH3 is 1. The number of esters is 1. The molecule has 1 rings (SSSR count). The third-order valence-electron chi connectivity index (χ3n) is 3.65. The Balaban J connectivity index is 2.41. The first-order valence-electron chi connectivity index (χ1n) is 8.36. The van der Waals surface area contributed by atoms with Crippen molar-refractivity contribution in [3.05, 3.63) is 71.8 Å². The zero-order valence-electron chi connectivity index (χ0n) is 14.9. The Kier molecular flexibility index (Phi) is 9.53. The van der Waals surface area contributed by atoms with Crippen LogP contribution in [0.5, 0.6) is 0 Å². The lowest BCUT2D eigenvalue weighted by Gasteiger charge is -2.09. The minimum Gasteiger partial charge on any atom is -0.469 e. The Hall–Kier alpha value is -2.38. The highest BCUT2D eigenvalue weighted by atomic mass is 19.4. The number of aliphatic hydroxyl groups excluding tert-OH is 2. The highest BCUT2D eigenvalue weighted by Crippen LogP contribution is 2.30. The molecule has 2 unspecified atom stereocenters. The minimum atomic E-state index is -4.40. The maximum absolute atomic E-state index is 12.5. The first-order chi connectivity index (χ1) is 12.7. The fourth-order valence-electron chi connectivity index (χ4n) is 2.12. The molecule has 0 aliphatic heterocycles. The summed E-state index contributed by atoms with van der Waals surface area (Å²) in [5.74, 6) is -0.317. The second-order valence-corrected chi connectivity index (χ2v) is 5.76. The molecule has 0 bridgehead atoms. The number of allylic oxidation sites excluding steroid dienone is 4. The van der Waals surface area contributed by atoms with Gasteiger partial charge < -0.3 is 14.9 Å². The summed E-state index contributed by atoms with van der Waals surface area (Å²) in [6, 6.07) is 4.30. The van der Waals surface area contributed by atoms with Gasteiger partial charge in [0.2, 0.25) is 0 Å². The van der Waals surface area contributed by atoms with E-state index in [0.29, 0.717) is 18.4 Å². The molecule has 0 saturated carbocycles. The van der Waals surface area contributed by atoms with Gasteiger partial charge in [0.1, 0.15) is 0 Å². The first kappa shape index (κ1) is 22.7. The van der Waals surface area contributed by atoms with E-state index in [1.165, 1.54) is 25.3 Å². The summed E-state index contributed by atoms with van der Waals surface area (Å²) >= 11 is 0. The van der Waals surface area contributed by atoms with Crippen molar-refractivity contribution in [1.29, 1.82) is 0 Å². The number of aliphatic hydroxyl groups is 2. The minimum absolute atomic E-state index is 0.252. The first-order valence-corrected chi connectivity index (χ1v) is 8.36. The van der Waals surface area contributed by atoms with E-state index in [2.05, 4.69) is 4.74 Å². The topological polar surface area (TPSA) is 66.8 Å². The molecule has 2 N–H and O–H groups in total. The maximum Gasteiger partial charge on any atom is 0.416 e. The van der Waals surface area contributed by atoms with E-state index >= 15 is 0 Å². The van der Waals surface area contributed by atoms with Gasteiger partial charge in [-0.1, -0.05) is 48.6 Å². The monoisotopic (exact) mass is 384 g/mol. The zero-order valence-corrected chi connectivity index (χ0v) is 14.9. The van der Waals surface area contributed by atoms with Gasteiger partial charge in [-0.3, -0.25) is 4.79 Å². The lowest BCUT2D eigenvalue weighted by molar-refractivity contribution is -0.141. The molecule has 0 amide bonds. The molecule has 0 radical (unpaired) electrons. The van der Waals surface area contributed by atoms with Crippen molar-refractivity contribution in [2.45, 2.75) is 37.6 Å². The van der Waals surface area contributed by atoms with E-state index in [9.17, 15) is 28.2 Å². The predicted molar refractivity (Wildman–Crippen MR) is 95.7 cm³/mol. The van der Waals surface area contributed by atoms with Crippen molar-refractivity contribution < 1.29 is 32.9 Å². The normalized spacial score (nSPS) is 14.9. The van der Waals surface area contributed by atoms with Gasteiger partial charge in [-0.25, -0.2) is 0 Å². The Labute approximate surface area is 156 Å². The van der Waals surface area contributed by atoms with Crippen molar-refractivity contribution in [2.24, 2.45) is 0 Å². The highest BCUT2D eigenvalue weighted by Gasteiger charge is 2.30. The number of hydrogen-bond acceptors (Lipinski definition) is 4. The Morgan fingerprint density at radius 2 is 1.67 bits per heavy atom. The number of rotatable bonds is 9. The van der Waals surface area contributed by atoms with Crippen molar-refractivity contribution in [3.63, 3.8) is 0 Å². The van der Waals surface area contributed by atoms with Crippen molar-refractivity contribution in [2.75, 3.05) is 7.11 Å². The van der Waals surface area contributed by atoms with Crippen LogP contribution in [-0.4, -0.2) is 29.4 Å². The summed E-state index contributed by atoms with van der Waals surface area (Å²) in [5, 5.41) is 19.6. The van der Waals surface area contributed by atoms with Crippen LogP contribution in [0.15, 0.2) is 60.7 Å². The molecule has 0 saturated heterocycles. The van der Waals surface area contributed by atoms with Crippen LogP contribution in [0.25, 0.3) is 0 Å². The number of carbonyl (C=O) groups is 1. The van der Waals surface area contributed by atoms with Gasteiger partial charge in [0.15, 0.2) is 0 Å². The van der Waals surface area contributed by atoms with Crippen LogP contribution in [0.4, 0.5) is 13.2 Å². The summed E-state index contributed by atoms with van der Waals surface area (Å²) in [5.41, 5.74) is -0.415. The fraction of sp³-hybridized carbons (Fsp3) is 0.350. The molecular formula is C20H23F3O4. The zero-order chi connectivity index (χ0) is 20.3. The summed E-state index contributed by atoms with van der Waals surface area (Å²) in [6.45, 7) is 0. The Morgan fingerprint density at radius 3 is 2.22 bits per heavy atom. The Bertz CT molecular complexity index is 661. The molecule has 0 aromatic heterocycles. The molecule has 148 valence electrons. The number of halogens is 3. The number of alkyl halides is 3. The van der Waals surface area contributed by atoms with Crippen LogP contribution in [-0.2, 0) is 15.7 Å². The number of benzene rings is 1. The van der Waals surface area contributed by atoms with Gasteiger partial charge in [0.25, 0.3) is 0 Å². The number of carbonyl (C=O) groups excluding carboxylic acids is 1. The summed E-state index contributed by atoms with van der Waals surface area (Å²) < 4.78 is 42.0. The highest BCUT2D eigenvalue weighted by molar-refractivity contribution is 5.68. The standard InChI is InChI=1S/C20H23F3O4/c1-27-19(26)10-6-8-17(24)7-4-2-3-5-9-18(25)15-11-13-16(14-12-15)20(21,22)23/h2-5,7,9,11-14,17-18,24-25H,6,8,10H2,1H3/b3-2+,7-4-,9-5+. The average molecular weight is 384 g/mol. The molecule has 0 fully saturated rings. The molecule has 0 aliphatic carbocycles.